The van der Waals surface area contributed by atoms with Crippen molar-refractivity contribution in [2.45, 2.75) is 45.1 Å². The number of hydrogen-bond acceptors (Lipinski definition) is 5. The van der Waals surface area contributed by atoms with Crippen LogP contribution in [0.25, 0.3) is 17.0 Å². The number of carbonyl (C=O) groups is 1. The summed E-state index contributed by atoms with van der Waals surface area (Å²) in [6.07, 6.45) is 1.57. The molecule has 1 fully saturated rings. The van der Waals surface area contributed by atoms with Gasteiger partial charge in [0, 0.05) is 36.3 Å². The molecule has 0 saturated carbocycles. The molecule has 1 aliphatic rings. The molecule has 4 aromatic rings. The molecule has 1 saturated heterocycles. The Kier molecular flexibility index (Phi) is 5.88. The van der Waals surface area contributed by atoms with Gasteiger partial charge in [-0.25, -0.2) is 9.50 Å². The molecule has 5 rings (SSSR count). The number of aromatic nitrogens is 4. The van der Waals surface area contributed by atoms with Crippen LogP contribution in [0.4, 0.5) is 5.95 Å². The Morgan fingerprint density at radius 1 is 1.00 bits per heavy atom. The summed E-state index contributed by atoms with van der Waals surface area (Å²) >= 11 is 0. The Labute approximate surface area is 204 Å². The molecule has 3 heterocycles. The van der Waals surface area contributed by atoms with E-state index in [1.54, 1.807) is 4.52 Å². The number of aromatic amines is 1. The predicted molar refractivity (Wildman–Crippen MR) is 137 cm³/mol. The maximum Gasteiger partial charge on any atom is 0.266 e. The standard InChI is InChI=1S/C27H30N6O2/c1-27(2,3)20-11-9-18(10-12-20)24-29-22-17-23(34)31-33(22)26(30-24)28-21-13-15-32(16-14-21)25(35)19-7-5-4-6-8-19/h4-12,17,21H,13-16H2,1-3H3,(H,31,34)(H,28,29,30). The van der Waals surface area contributed by atoms with E-state index in [4.69, 9.17) is 4.98 Å². The molecular formula is C27H30N6O2. The molecule has 35 heavy (non-hydrogen) atoms. The van der Waals surface area contributed by atoms with Crippen LogP contribution in [0.1, 0.15) is 49.5 Å². The highest BCUT2D eigenvalue weighted by Gasteiger charge is 2.25. The van der Waals surface area contributed by atoms with Gasteiger partial charge in [-0.15, -0.1) is 0 Å². The number of nitrogens with zero attached hydrogens (tertiary/aromatic N) is 4. The van der Waals surface area contributed by atoms with Gasteiger partial charge >= 0.3 is 0 Å². The second kappa shape index (κ2) is 9.02. The second-order valence-corrected chi connectivity index (χ2v) is 10.1. The first-order chi connectivity index (χ1) is 16.8. The Hall–Kier alpha value is -3.94. The number of hydrogen-bond donors (Lipinski definition) is 2. The predicted octanol–water partition coefficient (Wildman–Crippen LogP) is 4.10. The average molecular weight is 471 g/mol. The molecule has 1 aliphatic heterocycles. The van der Waals surface area contributed by atoms with Crippen molar-refractivity contribution in [1.29, 1.82) is 0 Å². The fourth-order valence-corrected chi connectivity index (χ4v) is 4.43. The highest BCUT2D eigenvalue weighted by molar-refractivity contribution is 5.94. The Morgan fingerprint density at radius 3 is 2.34 bits per heavy atom. The topological polar surface area (TPSA) is 95.4 Å². The van der Waals surface area contributed by atoms with Gasteiger partial charge in [-0.05, 0) is 36.0 Å². The second-order valence-electron chi connectivity index (χ2n) is 10.1. The molecule has 1 amide bonds. The van der Waals surface area contributed by atoms with Gasteiger partial charge in [0.1, 0.15) is 0 Å². The number of likely N-dealkylation sites (tertiary alicyclic amines) is 1. The molecule has 8 nitrogen and oxygen atoms in total. The zero-order chi connectivity index (χ0) is 24.6. The molecule has 2 aromatic carbocycles. The van der Waals surface area contributed by atoms with E-state index in [9.17, 15) is 9.59 Å². The molecule has 8 heteroatoms. The number of amides is 1. The Morgan fingerprint density at radius 2 is 1.69 bits per heavy atom. The lowest BCUT2D eigenvalue weighted by molar-refractivity contribution is 0.0718. The molecule has 0 bridgehead atoms. The van der Waals surface area contributed by atoms with Crippen LogP contribution in [0.2, 0.25) is 0 Å². The molecular weight excluding hydrogens is 440 g/mol. The minimum absolute atomic E-state index is 0.0563. The van der Waals surface area contributed by atoms with Gasteiger partial charge in [-0.2, -0.15) is 4.98 Å². The SMILES string of the molecule is CC(C)(C)c1ccc(-c2nc(NC3CCN(C(=O)c4ccccc4)CC3)n3[nH]c(=O)cc3n2)cc1. The minimum atomic E-state index is -0.231. The van der Waals surface area contributed by atoms with Crippen molar-refractivity contribution < 1.29 is 4.79 Å². The van der Waals surface area contributed by atoms with Crippen molar-refractivity contribution in [2.75, 3.05) is 18.4 Å². The van der Waals surface area contributed by atoms with E-state index in [1.165, 1.54) is 11.6 Å². The average Bonchev–Trinajstić information content (AvgIpc) is 3.24. The minimum Gasteiger partial charge on any atom is -0.351 e. The van der Waals surface area contributed by atoms with Gasteiger partial charge < -0.3 is 10.2 Å². The van der Waals surface area contributed by atoms with Crippen molar-refractivity contribution in [3.63, 3.8) is 0 Å². The molecule has 180 valence electrons. The largest absolute Gasteiger partial charge is 0.351 e. The zero-order valence-corrected chi connectivity index (χ0v) is 20.3. The van der Waals surface area contributed by atoms with E-state index in [1.807, 2.05) is 47.4 Å². The number of rotatable bonds is 4. The number of carbonyl (C=O) groups excluding carboxylic acids is 1. The number of H-pyrrole nitrogens is 1. The van der Waals surface area contributed by atoms with Gasteiger partial charge in [0.15, 0.2) is 11.5 Å². The van der Waals surface area contributed by atoms with E-state index < -0.39 is 0 Å². The van der Waals surface area contributed by atoms with Crippen LogP contribution in [0.3, 0.4) is 0 Å². The summed E-state index contributed by atoms with van der Waals surface area (Å²) in [5.74, 6) is 1.16. The summed E-state index contributed by atoms with van der Waals surface area (Å²) in [4.78, 5) is 36.1. The van der Waals surface area contributed by atoms with Crippen LogP contribution >= 0.6 is 0 Å². The summed E-state index contributed by atoms with van der Waals surface area (Å²) < 4.78 is 1.59. The molecule has 0 aliphatic carbocycles. The highest BCUT2D eigenvalue weighted by atomic mass is 16.2. The molecule has 0 unspecified atom stereocenters. The van der Waals surface area contributed by atoms with Crippen LogP contribution in [-0.4, -0.2) is 49.5 Å². The molecule has 0 spiro atoms. The molecule has 0 atom stereocenters. The van der Waals surface area contributed by atoms with E-state index in [0.717, 1.165) is 18.4 Å². The van der Waals surface area contributed by atoms with Gasteiger partial charge in [-0.3, -0.25) is 14.7 Å². The zero-order valence-electron chi connectivity index (χ0n) is 20.3. The Balaban J connectivity index is 1.36. The van der Waals surface area contributed by atoms with Crippen molar-refractivity contribution in [2.24, 2.45) is 0 Å². The van der Waals surface area contributed by atoms with Crippen molar-refractivity contribution in [1.82, 2.24) is 24.5 Å². The fraction of sp³-hybridized carbons (Fsp3) is 0.333. The van der Waals surface area contributed by atoms with Crippen molar-refractivity contribution in [3.8, 4) is 11.4 Å². The summed E-state index contributed by atoms with van der Waals surface area (Å²) in [5.41, 5.74) is 3.17. The van der Waals surface area contributed by atoms with Crippen molar-refractivity contribution in [3.05, 3.63) is 82.1 Å². The van der Waals surface area contributed by atoms with Gasteiger partial charge in [-0.1, -0.05) is 63.2 Å². The number of anilines is 1. The lowest BCUT2D eigenvalue weighted by Gasteiger charge is -2.32. The summed E-state index contributed by atoms with van der Waals surface area (Å²) in [6, 6.07) is 19.2. The first-order valence-electron chi connectivity index (χ1n) is 12.0. The maximum absolute atomic E-state index is 12.8. The number of fused-ring (bicyclic) bond motifs is 1. The lowest BCUT2D eigenvalue weighted by Crippen LogP contribution is -2.42. The first kappa shape index (κ1) is 22.8. The van der Waals surface area contributed by atoms with E-state index in [-0.39, 0.29) is 22.9 Å². The van der Waals surface area contributed by atoms with Crippen LogP contribution < -0.4 is 10.9 Å². The highest BCUT2D eigenvalue weighted by Crippen LogP contribution is 2.26. The number of nitrogens with one attached hydrogen (secondary N) is 2. The third-order valence-corrected chi connectivity index (χ3v) is 6.50. The van der Waals surface area contributed by atoms with Crippen molar-refractivity contribution >= 4 is 17.5 Å². The summed E-state index contributed by atoms with van der Waals surface area (Å²) in [7, 11) is 0. The monoisotopic (exact) mass is 470 g/mol. The smallest absolute Gasteiger partial charge is 0.266 e. The van der Waals surface area contributed by atoms with Crippen LogP contribution in [-0.2, 0) is 5.41 Å². The molecule has 2 N–H and O–H groups in total. The third kappa shape index (κ3) is 4.82. The quantitative estimate of drug-likeness (QED) is 0.468. The number of piperidine rings is 1. The van der Waals surface area contributed by atoms with Gasteiger partial charge in [0.05, 0.1) is 0 Å². The van der Waals surface area contributed by atoms with E-state index >= 15 is 0 Å². The van der Waals surface area contributed by atoms with E-state index in [0.29, 0.717) is 36.1 Å². The third-order valence-electron chi connectivity index (χ3n) is 6.50. The van der Waals surface area contributed by atoms with Crippen LogP contribution in [0.15, 0.2) is 65.5 Å². The van der Waals surface area contributed by atoms with E-state index in [2.05, 4.69) is 48.3 Å². The molecule has 0 radical (unpaired) electrons. The number of benzene rings is 2. The van der Waals surface area contributed by atoms with Crippen LogP contribution in [0, 0.1) is 0 Å². The van der Waals surface area contributed by atoms with Gasteiger partial charge in [0.25, 0.3) is 11.5 Å². The fourth-order valence-electron chi connectivity index (χ4n) is 4.43. The molecule has 2 aromatic heterocycles. The summed E-state index contributed by atoms with van der Waals surface area (Å²) in [5, 5.41) is 6.27. The van der Waals surface area contributed by atoms with Crippen LogP contribution in [0.5, 0.6) is 0 Å². The normalized spacial score (nSPS) is 14.9. The Bertz CT molecular complexity index is 1390. The lowest BCUT2D eigenvalue weighted by atomic mass is 9.87. The first-order valence-corrected chi connectivity index (χ1v) is 12.0. The van der Waals surface area contributed by atoms with Gasteiger partial charge in [0.2, 0.25) is 5.95 Å². The maximum atomic E-state index is 12.8. The summed E-state index contributed by atoms with van der Waals surface area (Å²) in [6.45, 7) is 7.85.